The first-order chi connectivity index (χ1) is 9.71. The maximum absolute atomic E-state index is 8.95. The minimum atomic E-state index is 0.243. The molecule has 2 N–H and O–H groups in total. The number of aliphatic hydroxyl groups is 1. The molecule has 1 aromatic heterocycles. The Bertz CT molecular complexity index is 418. The second-order valence-electron chi connectivity index (χ2n) is 5.18. The molecule has 0 radical (unpaired) electrons. The van der Waals surface area contributed by atoms with E-state index in [1.165, 1.54) is 0 Å². The van der Waals surface area contributed by atoms with E-state index in [9.17, 15) is 0 Å². The summed E-state index contributed by atoms with van der Waals surface area (Å²) >= 11 is 0. The highest BCUT2D eigenvalue weighted by atomic mass is 16.3. The monoisotopic (exact) mass is 279 g/mol. The fraction of sp³-hybridized carbons (Fsp3) is 0.714. The molecule has 0 spiro atoms. The van der Waals surface area contributed by atoms with Crippen LogP contribution in [0.25, 0.3) is 0 Å². The summed E-state index contributed by atoms with van der Waals surface area (Å²) in [7, 11) is 0. The van der Waals surface area contributed by atoms with Gasteiger partial charge in [-0.3, -0.25) is 9.80 Å². The van der Waals surface area contributed by atoms with Gasteiger partial charge in [-0.2, -0.15) is 0 Å². The van der Waals surface area contributed by atoms with Gasteiger partial charge < -0.3 is 10.4 Å². The minimum Gasteiger partial charge on any atom is -0.395 e. The molecule has 2 rings (SSSR count). The standard InChI is InChI=1S/C14H25N5O/c1-3-15-13-10-12(2)16-14(17-13)11-19-6-4-18(5-7-19)8-9-20/h10,20H,3-9,11H2,1-2H3,(H,15,16,17). The Hall–Kier alpha value is -1.24. The molecule has 0 saturated carbocycles. The molecule has 1 aliphatic heterocycles. The zero-order valence-corrected chi connectivity index (χ0v) is 12.5. The van der Waals surface area contributed by atoms with Crippen molar-refractivity contribution < 1.29 is 5.11 Å². The third kappa shape index (κ3) is 4.40. The molecule has 0 aromatic carbocycles. The van der Waals surface area contributed by atoms with Crippen LogP contribution in [0.5, 0.6) is 0 Å². The van der Waals surface area contributed by atoms with Crippen LogP contribution in [0, 0.1) is 6.92 Å². The summed E-state index contributed by atoms with van der Waals surface area (Å²) in [6.07, 6.45) is 0. The molecule has 0 atom stereocenters. The number of hydrogen-bond donors (Lipinski definition) is 2. The van der Waals surface area contributed by atoms with E-state index in [1.807, 2.05) is 13.0 Å². The smallest absolute Gasteiger partial charge is 0.144 e. The van der Waals surface area contributed by atoms with Crippen molar-refractivity contribution in [2.24, 2.45) is 0 Å². The van der Waals surface area contributed by atoms with E-state index in [-0.39, 0.29) is 6.61 Å². The Labute approximate surface area is 120 Å². The molecule has 6 heteroatoms. The predicted octanol–water partition coefficient (Wildman–Crippen LogP) is 0.327. The van der Waals surface area contributed by atoms with Gasteiger partial charge in [-0.15, -0.1) is 0 Å². The van der Waals surface area contributed by atoms with E-state index in [2.05, 4.69) is 32.0 Å². The summed E-state index contributed by atoms with van der Waals surface area (Å²) in [5.74, 6) is 1.80. The number of rotatable bonds is 6. The van der Waals surface area contributed by atoms with Crippen LogP contribution in [0.4, 0.5) is 5.82 Å². The van der Waals surface area contributed by atoms with Crippen LogP contribution in [0.15, 0.2) is 6.07 Å². The summed E-state index contributed by atoms with van der Waals surface area (Å²) in [5.41, 5.74) is 1.00. The first kappa shape index (κ1) is 15.2. The number of β-amino-alcohol motifs (C(OH)–C–C–N with tert-alkyl or cyclic N) is 1. The number of aromatic nitrogens is 2. The van der Waals surface area contributed by atoms with Gasteiger partial charge in [0.15, 0.2) is 0 Å². The number of hydrogen-bond acceptors (Lipinski definition) is 6. The van der Waals surface area contributed by atoms with E-state index in [0.717, 1.165) is 63.1 Å². The Morgan fingerprint density at radius 3 is 2.55 bits per heavy atom. The fourth-order valence-corrected chi connectivity index (χ4v) is 2.48. The van der Waals surface area contributed by atoms with Crippen molar-refractivity contribution in [1.82, 2.24) is 19.8 Å². The Morgan fingerprint density at radius 2 is 1.90 bits per heavy atom. The van der Waals surface area contributed by atoms with E-state index in [0.29, 0.717) is 0 Å². The first-order valence-electron chi connectivity index (χ1n) is 7.35. The summed E-state index contributed by atoms with van der Waals surface area (Å²) in [6, 6.07) is 1.98. The molecular formula is C14H25N5O. The fourth-order valence-electron chi connectivity index (χ4n) is 2.48. The van der Waals surface area contributed by atoms with Crippen molar-refractivity contribution >= 4 is 5.82 Å². The highest BCUT2D eigenvalue weighted by molar-refractivity contribution is 5.35. The molecule has 6 nitrogen and oxygen atoms in total. The maximum Gasteiger partial charge on any atom is 0.144 e. The lowest BCUT2D eigenvalue weighted by molar-refractivity contribution is 0.107. The van der Waals surface area contributed by atoms with Gasteiger partial charge in [-0.25, -0.2) is 9.97 Å². The quantitative estimate of drug-likeness (QED) is 0.782. The van der Waals surface area contributed by atoms with Crippen molar-refractivity contribution in [2.45, 2.75) is 20.4 Å². The Morgan fingerprint density at radius 1 is 1.20 bits per heavy atom. The molecule has 2 heterocycles. The Kier molecular flexibility index (Phi) is 5.70. The van der Waals surface area contributed by atoms with Crippen LogP contribution in [0.1, 0.15) is 18.4 Å². The molecule has 1 fully saturated rings. The predicted molar refractivity (Wildman–Crippen MR) is 79.7 cm³/mol. The lowest BCUT2D eigenvalue weighted by atomic mass is 10.3. The molecule has 0 unspecified atom stereocenters. The van der Waals surface area contributed by atoms with Crippen LogP contribution < -0.4 is 5.32 Å². The third-order valence-electron chi connectivity index (χ3n) is 3.50. The van der Waals surface area contributed by atoms with Crippen LogP contribution in [-0.2, 0) is 6.54 Å². The lowest BCUT2D eigenvalue weighted by Crippen LogP contribution is -2.46. The number of piperazine rings is 1. The van der Waals surface area contributed by atoms with Gasteiger partial charge >= 0.3 is 0 Å². The number of aliphatic hydroxyl groups excluding tert-OH is 1. The average Bonchev–Trinajstić information content (AvgIpc) is 2.41. The molecule has 1 aromatic rings. The van der Waals surface area contributed by atoms with Crippen molar-refractivity contribution in [3.05, 3.63) is 17.6 Å². The molecule has 0 bridgehead atoms. The van der Waals surface area contributed by atoms with Gasteiger partial charge in [0.2, 0.25) is 0 Å². The van der Waals surface area contributed by atoms with E-state index >= 15 is 0 Å². The van der Waals surface area contributed by atoms with E-state index in [1.54, 1.807) is 0 Å². The molecule has 112 valence electrons. The minimum absolute atomic E-state index is 0.243. The number of anilines is 1. The summed E-state index contributed by atoms with van der Waals surface area (Å²) in [6.45, 7) is 10.8. The van der Waals surface area contributed by atoms with Gasteiger partial charge in [0.05, 0.1) is 13.2 Å². The highest BCUT2D eigenvalue weighted by Gasteiger charge is 2.17. The Balaban J connectivity index is 1.90. The molecule has 20 heavy (non-hydrogen) atoms. The van der Waals surface area contributed by atoms with E-state index in [4.69, 9.17) is 5.11 Å². The molecule has 1 saturated heterocycles. The van der Waals surface area contributed by atoms with Gasteiger partial charge in [-0.1, -0.05) is 0 Å². The van der Waals surface area contributed by atoms with Crippen molar-refractivity contribution in [3.63, 3.8) is 0 Å². The van der Waals surface area contributed by atoms with Gasteiger partial charge in [0.25, 0.3) is 0 Å². The molecule has 0 amide bonds. The zero-order chi connectivity index (χ0) is 14.4. The normalized spacial score (nSPS) is 17.4. The van der Waals surface area contributed by atoms with Crippen molar-refractivity contribution in [1.29, 1.82) is 0 Å². The number of nitrogens with one attached hydrogen (secondary N) is 1. The van der Waals surface area contributed by atoms with Crippen molar-refractivity contribution in [2.75, 3.05) is 51.2 Å². The number of nitrogens with zero attached hydrogens (tertiary/aromatic N) is 4. The van der Waals surface area contributed by atoms with Gasteiger partial charge in [-0.05, 0) is 13.8 Å². The SMILES string of the molecule is CCNc1cc(C)nc(CN2CCN(CCO)CC2)n1. The summed E-state index contributed by atoms with van der Waals surface area (Å²) in [4.78, 5) is 13.7. The zero-order valence-electron chi connectivity index (χ0n) is 12.5. The molecular weight excluding hydrogens is 254 g/mol. The van der Waals surface area contributed by atoms with Crippen LogP contribution >= 0.6 is 0 Å². The lowest BCUT2D eigenvalue weighted by Gasteiger charge is -2.33. The largest absolute Gasteiger partial charge is 0.395 e. The van der Waals surface area contributed by atoms with Crippen LogP contribution in [-0.4, -0.2) is 70.7 Å². The summed E-state index contributed by atoms with van der Waals surface area (Å²) < 4.78 is 0. The molecule has 0 aliphatic carbocycles. The maximum atomic E-state index is 8.95. The van der Waals surface area contributed by atoms with Crippen LogP contribution in [0.2, 0.25) is 0 Å². The van der Waals surface area contributed by atoms with Crippen LogP contribution in [0.3, 0.4) is 0 Å². The number of aryl methyl sites for hydroxylation is 1. The van der Waals surface area contributed by atoms with Crippen molar-refractivity contribution in [3.8, 4) is 0 Å². The first-order valence-corrected chi connectivity index (χ1v) is 7.35. The highest BCUT2D eigenvalue weighted by Crippen LogP contribution is 2.10. The topological polar surface area (TPSA) is 64.5 Å². The third-order valence-corrected chi connectivity index (χ3v) is 3.50. The van der Waals surface area contributed by atoms with Gasteiger partial charge in [0.1, 0.15) is 11.6 Å². The molecule has 1 aliphatic rings. The average molecular weight is 279 g/mol. The second kappa shape index (κ2) is 7.52. The van der Waals surface area contributed by atoms with Gasteiger partial charge in [0, 0.05) is 51.0 Å². The van der Waals surface area contributed by atoms with E-state index < -0.39 is 0 Å². The summed E-state index contributed by atoms with van der Waals surface area (Å²) in [5, 5.41) is 12.2. The second-order valence-corrected chi connectivity index (χ2v) is 5.18.